The van der Waals surface area contributed by atoms with E-state index in [9.17, 15) is 0 Å². The van der Waals surface area contributed by atoms with Crippen LogP contribution in [-0.4, -0.2) is 41.6 Å². The molecule has 0 amide bonds. The Morgan fingerprint density at radius 1 is 0.882 bits per heavy atom. The molecule has 1 aliphatic heterocycles. The van der Waals surface area contributed by atoms with E-state index in [0.717, 1.165) is 0 Å². The molecular weight excluding hydrogens is 208 g/mol. The van der Waals surface area contributed by atoms with Gasteiger partial charge in [0.05, 0.1) is 6.17 Å². The first kappa shape index (κ1) is 16.9. The van der Waals surface area contributed by atoms with E-state index in [1.165, 1.54) is 32.2 Å². The fourth-order valence-electron chi connectivity index (χ4n) is 2.64. The molecule has 0 N–H and O–H groups in total. The first-order chi connectivity index (χ1) is 8.09. The van der Waals surface area contributed by atoms with Crippen molar-refractivity contribution >= 4 is 0 Å². The molecule has 1 fully saturated rings. The Bertz CT molecular complexity index is 168. The van der Waals surface area contributed by atoms with Crippen LogP contribution < -0.4 is 0 Å². The van der Waals surface area contributed by atoms with Gasteiger partial charge >= 0.3 is 0 Å². The summed E-state index contributed by atoms with van der Waals surface area (Å²) in [5, 5.41) is 0. The maximum Gasteiger partial charge on any atom is 0.0596 e. The molecule has 1 rings (SSSR count). The molecule has 0 aliphatic carbocycles. The van der Waals surface area contributed by atoms with Crippen molar-refractivity contribution in [1.29, 1.82) is 0 Å². The molecule has 1 heterocycles. The van der Waals surface area contributed by atoms with Crippen molar-refractivity contribution in [2.75, 3.05) is 13.6 Å². The van der Waals surface area contributed by atoms with E-state index in [0.29, 0.717) is 18.2 Å². The van der Waals surface area contributed by atoms with E-state index in [4.69, 9.17) is 0 Å². The van der Waals surface area contributed by atoms with Crippen LogP contribution in [0.1, 0.15) is 67.2 Å². The Morgan fingerprint density at radius 3 is 1.88 bits per heavy atom. The molecule has 0 bridgehead atoms. The van der Waals surface area contributed by atoms with Crippen LogP contribution in [0.15, 0.2) is 0 Å². The van der Waals surface area contributed by atoms with Gasteiger partial charge in [-0.3, -0.25) is 9.80 Å². The summed E-state index contributed by atoms with van der Waals surface area (Å²) < 4.78 is 0. The second kappa shape index (κ2) is 8.93. The van der Waals surface area contributed by atoms with Crippen molar-refractivity contribution in [1.82, 2.24) is 9.80 Å². The highest BCUT2D eigenvalue weighted by molar-refractivity contribution is 4.90. The van der Waals surface area contributed by atoms with Gasteiger partial charge in [0.15, 0.2) is 0 Å². The molecule has 2 nitrogen and oxygen atoms in total. The molecule has 2 heteroatoms. The summed E-state index contributed by atoms with van der Waals surface area (Å²) in [7, 11) is 2.25. The van der Waals surface area contributed by atoms with Crippen molar-refractivity contribution in [3.8, 4) is 0 Å². The van der Waals surface area contributed by atoms with Gasteiger partial charge in [0.1, 0.15) is 0 Å². The Kier molecular flexibility index (Phi) is 8.89. The summed E-state index contributed by atoms with van der Waals surface area (Å²) >= 11 is 0. The topological polar surface area (TPSA) is 6.48 Å². The smallest absolute Gasteiger partial charge is 0.0596 e. The molecule has 1 saturated heterocycles. The lowest BCUT2D eigenvalue weighted by molar-refractivity contribution is 0.152. The fourth-order valence-corrected chi connectivity index (χ4v) is 2.64. The quantitative estimate of drug-likeness (QED) is 0.673. The first-order valence-corrected chi connectivity index (χ1v) is 7.57. The molecule has 1 aliphatic rings. The average molecular weight is 242 g/mol. The van der Waals surface area contributed by atoms with E-state index in [1.807, 2.05) is 13.8 Å². The molecule has 0 aromatic heterocycles. The lowest BCUT2D eigenvalue weighted by Gasteiger charge is -2.26. The molecule has 0 radical (unpaired) electrons. The number of likely N-dealkylation sites (N-methyl/N-ethyl adjacent to an activating group) is 1. The van der Waals surface area contributed by atoms with E-state index >= 15 is 0 Å². The van der Waals surface area contributed by atoms with Crippen LogP contribution in [0, 0.1) is 0 Å². The van der Waals surface area contributed by atoms with Crippen LogP contribution in [0.2, 0.25) is 0 Å². The number of hydrogen-bond donors (Lipinski definition) is 0. The zero-order valence-electron chi connectivity index (χ0n) is 13.2. The van der Waals surface area contributed by atoms with Crippen molar-refractivity contribution in [3.63, 3.8) is 0 Å². The summed E-state index contributed by atoms with van der Waals surface area (Å²) in [5.74, 6) is 0. The largest absolute Gasteiger partial charge is 0.287 e. The van der Waals surface area contributed by atoms with Gasteiger partial charge in [-0.15, -0.1) is 0 Å². The molecule has 0 spiro atoms. The summed E-state index contributed by atoms with van der Waals surface area (Å²) in [6.45, 7) is 14.6. The van der Waals surface area contributed by atoms with Crippen molar-refractivity contribution in [2.24, 2.45) is 0 Å². The van der Waals surface area contributed by atoms with Gasteiger partial charge in [-0.2, -0.15) is 0 Å². The van der Waals surface area contributed by atoms with E-state index < -0.39 is 0 Å². The maximum atomic E-state index is 2.65. The Labute approximate surface area is 109 Å². The highest BCUT2D eigenvalue weighted by atomic mass is 15.4. The molecule has 0 saturated carbocycles. The monoisotopic (exact) mass is 242 g/mol. The highest BCUT2D eigenvalue weighted by Crippen LogP contribution is 2.24. The predicted molar refractivity (Wildman–Crippen MR) is 78.3 cm³/mol. The number of unbranched alkanes of at least 4 members (excludes halogenated alkanes) is 3. The van der Waals surface area contributed by atoms with Gasteiger partial charge in [-0.05, 0) is 40.8 Å². The fraction of sp³-hybridized carbons (Fsp3) is 1.00. The summed E-state index contributed by atoms with van der Waals surface area (Å²) in [6.07, 6.45) is 6.11. The predicted octanol–water partition coefficient (Wildman–Crippen LogP) is 3.96. The third-order valence-corrected chi connectivity index (χ3v) is 4.20. The zero-order chi connectivity index (χ0) is 13.4. The minimum absolute atomic E-state index is 0.622. The highest BCUT2D eigenvalue weighted by Gasteiger charge is 2.36. The average Bonchev–Trinajstić information content (AvgIpc) is 2.54. The second-order valence-electron chi connectivity index (χ2n) is 5.08. The third-order valence-electron chi connectivity index (χ3n) is 4.20. The summed E-state index contributed by atoms with van der Waals surface area (Å²) in [5.41, 5.74) is 0. The third kappa shape index (κ3) is 4.59. The van der Waals surface area contributed by atoms with Crippen LogP contribution in [0.5, 0.6) is 0 Å². The van der Waals surface area contributed by atoms with E-state index in [1.54, 1.807) is 0 Å². The van der Waals surface area contributed by atoms with Gasteiger partial charge in [0.25, 0.3) is 0 Å². The number of nitrogens with zero attached hydrogens (tertiary/aromatic N) is 2. The van der Waals surface area contributed by atoms with Crippen LogP contribution in [-0.2, 0) is 0 Å². The second-order valence-corrected chi connectivity index (χ2v) is 5.08. The summed E-state index contributed by atoms with van der Waals surface area (Å²) in [6, 6.07) is 1.41. The zero-order valence-corrected chi connectivity index (χ0v) is 13.2. The SMILES string of the molecule is CC.CCCCCCN1C(C)C(C)N(C)C1C. The normalized spacial score (nSPS) is 30.2. The van der Waals surface area contributed by atoms with Gasteiger partial charge in [0, 0.05) is 12.1 Å². The standard InChI is InChI=1S/C13H28N2.C2H6/c1-6-7-8-9-10-15-12(3)11(2)14(5)13(15)4;1-2/h11-13H,6-10H2,1-5H3;1-2H3. The van der Waals surface area contributed by atoms with Crippen LogP contribution in [0.3, 0.4) is 0 Å². The molecule has 3 atom stereocenters. The maximum absolute atomic E-state index is 2.65. The molecule has 0 aromatic rings. The van der Waals surface area contributed by atoms with Crippen LogP contribution in [0.25, 0.3) is 0 Å². The Morgan fingerprint density at radius 2 is 1.47 bits per heavy atom. The van der Waals surface area contributed by atoms with Crippen molar-refractivity contribution < 1.29 is 0 Å². The molecule has 3 unspecified atom stereocenters. The first-order valence-electron chi connectivity index (χ1n) is 7.57. The molecular formula is C15H34N2. The number of rotatable bonds is 5. The van der Waals surface area contributed by atoms with Crippen LogP contribution in [0.4, 0.5) is 0 Å². The lowest BCUT2D eigenvalue weighted by Crippen LogP contribution is -2.37. The Hall–Kier alpha value is -0.0800. The Balaban J connectivity index is 0.00000121. The van der Waals surface area contributed by atoms with E-state index in [2.05, 4.69) is 44.5 Å². The van der Waals surface area contributed by atoms with Crippen molar-refractivity contribution in [3.05, 3.63) is 0 Å². The van der Waals surface area contributed by atoms with Gasteiger partial charge < -0.3 is 0 Å². The van der Waals surface area contributed by atoms with Gasteiger partial charge in [-0.25, -0.2) is 0 Å². The lowest BCUT2D eigenvalue weighted by atomic mass is 10.1. The molecule has 17 heavy (non-hydrogen) atoms. The van der Waals surface area contributed by atoms with Gasteiger partial charge in [-0.1, -0.05) is 40.0 Å². The minimum Gasteiger partial charge on any atom is -0.287 e. The number of hydrogen-bond acceptors (Lipinski definition) is 2. The summed E-state index contributed by atoms with van der Waals surface area (Å²) in [4.78, 5) is 5.14. The van der Waals surface area contributed by atoms with Crippen LogP contribution >= 0.6 is 0 Å². The molecule has 104 valence electrons. The van der Waals surface area contributed by atoms with E-state index in [-0.39, 0.29) is 0 Å². The molecule has 0 aromatic carbocycles. The minimum atomic E-state index is 0.622. The van der Waals surface area contributed by atoms with Crippen molar-refractivity contribution in [2.45, 2.75) is 85.5 Å². The van der Waals surface area contributed by atoms with Gasteiger partial charge in [0.2, 0.25) is 0 Å².